The summed E-state index contributed by atoms with van der Waals surface area (Å²) in [7, 11) is -0.723. The molecule has 20 heavy (non-hydrogen) atoms. The number of carbonyl (C=O) groups is 1. The van der Waals surface area contributed by atoms with Gasteiger partial charge in [-0.15, -0.1) is 0 Å². The Kier molecular flexibility index (Phi) is 4.71. The van der Waals surface area contributed by atoms with Crippen LogP contribution in [0.2, 0.25) is 5.02 Å². The van der Waals surface area contributed by atoms with Gasteiger partial charge in [-0.3, -0.25) is 4.79 Å². The van der Waals surface area contributed by atoms with Crippen LogP contribution in [0, 0.1) is 0 Å². The van der Waals surface area contributed by atoms with E-state index in [0.717, 1.165) is 6.26 Å². The molecule has 1 aromatic carbocycles. The topological polar surface area (TPSA) is 69.7 Å². The molecule has 7 heteroatoms. The highest BCUT2D eigenvalue weighted by molar-refractivity contribution is 7.92. The highest BCUT2D eigenvalue weighted by Gasteiger charge is 2.40. The molecule has 5 nitrogen and oxygen atoms in total. The Balaban J connectivity index is 3.45. The van der Waals surface area contributed by atoms with Gasteiger partial charge in [-0.2, -0.15) is 0 Å². The average Bonchev–Trinajstić information content (AvgIpc) is 2.36. The van der Waals surface area contributed by atoms with Crippen LogP contribution in [0.15, 0.2) is 12.1 Å². The van der Waals surface area contributed by atoms with Crippen LogP contribution in [0.4, 0.5) is 0 Å². The molecular formula is C13H17ClO5S. The second-order valence-electron chi connectivity index (χ2n) is 4.80. The van der Waals surface area contributed by atoms with Crippen molar-refractivity contribution in [2.45, 2.75) is 18.6 Å². The molecule has 1 rings (SSSR count). The second kappa shape index (κ2) is 5.61. The number of sulfone groups is 1. The number of carbonyl (C=O) groups excluding carboxylic acids is 1. The van der Waals surface area contributed by atoms with Gasteiger partial charge >= 0.3 is 0 Å². The van der Waals surface area contributed by atoms with Crippen molar-refractivity contribution in [1.29, 1.82) is 0 Å². The Hall–Kier alpha value is -1.27. The third kappa shape index (κ3) is 2.91. The SMILES string of the molecule is COc1cc(Cl)c(C(=O)C(C)(C)S(C)(=O)=O)cc1OC. The molecule has 0 aliphatic rings. The Morgan fingerprint density at radius 2 is 1.60 bits per heavy atom. The molecule has 0 spiro atoms. The standard InChI is InChI=1S/C13H17ClO5S/c1-13(2,20(5,16)17)12(15)8-6-10(18-3)11(19-4)7-9(8)14/h6-7H,1-5H3. The van der Waals surface area contributed by atoms with Crippen LogP contribution in [0.3, 0.4) is 0 Å². The molecule has 0 bridgehead atoms. The maximum absolute atomic E-state index is 12.4. The third-order valence-corrected chi connectivity index (χ3v) is 5.54. The summed E-state index contributed by atoms with van der Waals surface area (Å²) in [5, 5.41) is 0.115. The first-order valence-electron chi connectivity index (χ1n) is 5.72. The molecule has 0 aliphatic carbocycles. The Labute approximate surface area is 123 Å². The zero-order valence-corrected chi connectivity index (χ0v) is 13.6. The summed E-state index contributed by atoms with van der Waals surface area (Å²) in [4.78, 5) is 12.4. The van der Waals surface area contributed by atoms with Gasteiger partial charge in [0.2, 0.25) is 0 Å². The van der Waals surface area contributed by atoms with E-state index in [0.29, 0.717) is 11.5 Å². The van der Waals surface area contributed by atoms with Crippen molar-refractivity contribution in [1.82, 2.24) is 0 Å². The lowest BCUT2D eigenvalue weighted by Crippen LogP contribution is -2.40. The molecule has 0 aromatic heterocycles. The Morgan fingerprint density at radius 1 is 1.15 bits per heavy atom. The van der Waals surface area contributed by atoms with Crippen molar-refractivity contribution in [3.05, 3.63) is 22.7 Å². The maximum atomic E-state index is 12.4. The zero-order valence-electron chi connectivity index (χ0n) is 12.0. The van der Waals surface area contributed by atoms with E-state index in [9.17, 15) is 13.2 Å². The van der Waals surface area contributed by atoms with Crippen LogP contribution in [-0.2, 0) is 9.84 Å². The molecule has 1 aromatic rings. The number of hydrogen-bond acceptors (Lipinski definition) is 5. The van der Waals surface area contributed by atoms with E-state index in [2.05, 4.69) is 0 Å². The van der Waals surface area contributed by atoms with Crippen molar-refractivity contribution in [3.63, 3.8) is 0 Å². The van der Waals surface area contributed by atoms with Gasteiger partial charge in [-0.05, 0) is 19.9 Å². The molecule has 112 valence electrons. The minimum absolute atomic E-state index is 0.0831. The van der Waals surface area contributed by atoms with Crippen LogP contribution in [0.1, 0.15) is 24.2 Å². The molecule has 0 N–H and O–H groups in total. The summed E-state index contributed by atoms with van der Waals surface area (Å²) in [5.41, 5.74) is 0.0831. The molecule has 0 heterocycles. The first kappa shape index (κ1) is 16.8. The number of hydrogen-bond donors (Lipinski definition) is 0. The highest BCUT2D eigenvalue weighted by Crippen LogP contribution is 2.35. The highest BCUT2D eigenvalue weighted by atomic mass is 35.5. The molecule has 0 radical (unpaired) electrons. The molecule has 0 atom stereocenters. The third-order valence-electron chi connectivity index (χ3n) is 3.19. The lowest BCUT2D eigenvalue weighted by Gasteiger charge is -2.22. The predicted molar refractivity (Wildman–Crippen MR) is 77.8 cm³/mol. The van der Waals surface area contributed by atoms with Gasteiger partial charge in [-0.1, -0.05) is 11.6 Å². The number of ether oxygens (including phenoxy) is 2. The molecule has 0 aliphatic heterocycles. The summed E-state index contributed by atoms with van der Waals surface area (Å²) < 4.78 is 32.1. The van der Waals surface area contributed by atoms with E-state index in [1.54, 1.807) is 0 Å². The monoisotopic (exact) mass is 320 g/mol. The lowest BCUT2D eigenvalue weighted by molar-refractivity contribution is 0.0954. The fraction of sp³-hybridized carbons (Fsp3) is 0.462. The Morgan fingerprint density at radius 3 is 2.00 bits per heavy atom. The summed E-state index contributed by atoms with van der Waals surface area (Å²) in [6.45, 7) is 2.69. The largest absolute Gasteiger partial charge is 0.493 e. The summed E-state index contributed by atoms with van der Waals surface area (Å²) in [5.74, 6) is 0.0849. The normalized spacial score (nSPS) is 12.1. The van der Waals surface area contributed by atoms with Crippen molar-refractivity contribution in [3.8, 4) is 11.5 Å². The molecule has 0 saturated carbocycles. The number of halogens is 1. The molecule has 0 fully saturated rings. The Bertz CT molecular complexity index is 634. The number of rotatable bonds is 5. The van der Waals surface area contributed by atoms with Crippen LogP contribution in [0.5, 0.6) is 11.5 Å². The number of methoxy groups -OCH3 is 2. The minimum Gasteiger partial charge on any atom is -0.493 e. The van der Waals surface area contributed by atoms with Crippen molar-refractivity contribution in [2.75, 3.05) is 20.5 Å². The van der Waals surface area contributed by atoms with Crippen LogP contribution in [-0.4, -0.2) is 39.4 Å². The van der Waals surface area contributed by atoms with E-state index >= 15 is 0 Å². The lowest BCUT2D eigenvalue weighted by atomic mass is 9.99. The smallest absolute Gasteiger partial charge is 0.185 e. The maximum Gasteiger partial charge on any atom is 0.185 e. The van der Waals surface area contributed by atoms with Crippen molar-refractivity contribution in [2.24, 2.45) is 0 Å². The summed E-state index contributed by atoms with van der Waals surface area (Å²) in [6, 6.07) is 2.81. The van der Waals surface area contributed by atoms with Gasteiger partial charge in [0, 0.05) is 17.9 Å². The second-order valence-corrected chi connectivity index (χ2v) is 7.77. The van der Waals surface area contributed by atoms with Gasteiger partial charge in [-0.25, -0.2) is 8.42 Å². The first-order valence-corrected chi connectivity index (χ1v) is 7.99. The van der Waals surface area contributed by atoms with Gasteiger partial charge in [0.1, 0.15) is 4.75 Å². The van der Waals surface area contributed by atoms with E-state index in [4.69, 9.17) is 21.1 Å². The van der Waals surface area contributed by atoms with Crippen molar-refractivity contribution < 1.29 is 22.7 Å². The average molecular weight is 321 g/mol. The molecule has 0 saturated heterocycles. The van der Waals surface area contributed by atoms with Crippen LogP contribution in [0.25, 0.3) is 0 Å². The minimum atomic E-state index is -3.58. The van der Waals surface area contributed by atoms with E-state index in [1.807, 2.05) is 0 Å². The number of Topliss-reactive ketones (excluding diaryl/α,β-unsaturated/α-hetero) is 1. The fourth-order valence-corrected chi connectivity index (χ4v) is 2.21. The first-order chi connectivity index (χ1) is 9.06. The number of benzene rings is 1. The molecule has 0 unspecified atom stereocenters. The van der Waals surface area contributed by atoms with Crippen LogP contribution < -0.4 is 9.47 Å². The van der Waals surface area contributed by atoms with E-state index < -0.39 is 20.4 Å². The van der Waals surface area contributed by atoms with Crippen molar-refractivity contribution >= 4 is 27.2 Å². The fourth-order valence-electron chi connectivity index (χ4n) is 1.52. The quantitative estimate of drug-likeness (QED) is 0.779. The van der Waals surface area contributed by atoms with Gasteiger partial charge < -0.3 is 9.47 Å². The molecule has 0 amide bonds. The predicted octanol–water partition coefficient (Wildman–Crippen LogP) is 2.36. The van der Waals surface area contributed by atoms with Crippen LogP contribution >= 0.6 is 11.6 Å². The van der Waals surface area contributed by atoms with Gasteiger partial charge in [0.25, 0.3) is 0 Å². The molecular weight excluding hydrogens is 304 g/mol. The summed E-state index contributed by atoms with van der Waals surface area (Å²) in [6.07, 6.45) is 1.01. The zero-order chi connectivity index (χ0) is 15.7. The van der Waals surface area contributed by atoms with E-state index in [-0.39, 0.29) is 10.6 Å². The van der Waals surface area contributed by atoms with Gasteiger partial charge in [0.15, 0.2) is 27.1 Å². The van der Waals surface area contributed by atoms with E-state index in [1.165, 1.54) is 40.2 Å². The number of ketones is 1. The summed E-state index contributed by atoms with van der Waals surface area (Å²) >= 11 is 6.04. The van der Waals surface area contributed by atoms with Gasteiger partial charge in [0.05, 0.1) is 19.2 Å².